The Labute approximate surface area is 194 Å². The van der Waals surface area contributed by atoms with Crippen LogP contribution in [0, 0.1) is 5.92 Å². The minimum Gasteiger partial charge on any atom is -0.370 e. The van der Waals surface area contributed by atoms with Crippen LogP contribution in [0.3, 0.4) is 0 Å². The van der Waals surface area contributed by atoms with E-state index in [1.807, 2.05) is 30.3 Å². The van der Waals surface area contributed by atoms with Gasteiger partial charge in [0.05, 0.1) is 5.69 Å². The predicted octanol–water partition coefficient (Wildman–Crippen LogP) is 4.34. The normalized spacial score (nSPS) is 25.0. The van der Waals surface area contributed by atoms with Crippen molar-refractivity contribution in [1.29, 1.82) is 0 Å². The number of hydrogen-bond donors (Lipinski definition) is 5. The first kappa shape index (κ1) is 24.6. The molecule has 6 nitrogen and oxygen atoms in total. The van der Waals surface area contributed by atoms with E-state index >= 15 is 0 Å². The van der Waals surface area contributed by atoms with Crippen LogP contribution in [0.2, 0.25) is 5.02 Å². The van der Waals surface area contributed by atoms with E-state index in [0.717, 1.165) is 49.2 Å². The Hall–Kier alpha value is -1.70. The van der Waals surface area contributed by atoms with E-state index in [4.69, 9.17) is 28.8 Å². The first-order valence-electron chi connectivity index (χ1n) is 9.77. The van der Waals surface area contributed by atoms with E-state index in [9.17, 15) is 0 Å². The standard InChI is InChI=1S/C21H27ClN6.2ClH/c22-15-8-10-16(11-9-15)27-21(25)19-17(14-6-4-13(12-23)5-7-14)2-1-3-18(19)26-20(24)28-21;;/h1-3,8-11,13-14,27H,4-7,12,23,25H2,(H3,24,26,28);2*1H. The fraction of sp³-hybridized carbons (Fsp3) is 0.381. The number of hydrogen-bond acceptors (Lipinski definition) is 6. The molecule has 4 rings (SSSR count). The molecule has 1 unspecified atom stereocenters. The number of nitrogens with zero attached hydrogens (tertiary/aromatic N) is 1. The molecule has 0 aromatic heterocycles. The maximum absolute atomic E-state index is 6.82. The van der Waals surface area contributed by atoms with Crippen molar-refractivity contribution in [2.24, 2.45) is 28.1 Å². The molecule has 0 radical (unpaired) electrons. The molecular weight excluding hydrogens is 443 g/mol. The van der Waals surface area contributed by atoms with Gasteiger partial charge in [0.1, 0.15) is 0 Å². The number of rotatable bonds is 4. The highest BCUT2D eigenvalue weighted by atomic mass is 35.5. The van der Waals surface area contributed by atoms with E-state index in [2.05, 4.69) is 27.8 Å². The summed E-state index contributed by atoms with van der Waals surface area (Å²) in [6.45, 7) is 0.765. The van der Waals surface area contributed by atoms with Gasteiger partial charge in [-0.05, 0) is 80.0 Å². The third kappa shape index (κ3) is 4.95. The van der Waals surface area contributed by atoms with E-state index in [1.165, 1.54) is 5.56 Å². The Bertz CT molecular complexity index is 881. The summed E-state index contributed by atoms with van der Waals surface area (Å²) in [5.41, 5.74) is 22.7. The van der Waals surface area contributed by atoms with Crippen LogP contribution in [-0.4, -0.2) is 12.5 Å². The molecule has 0 saturated heterocycles. The number of aliphatic imine (C=N–C) groups is 1. The molecule has 164 valence electrons. The zero-order valence-electron chi connectivity index (χ0n) is 16.6. The summed E-state index contributed by atoms with van der Waals surface area (Å²) < 4.78 is 0. The lowest BCUT2D eigenvalue weighted by molar-refractivity contribution is 0.329. The minimum absolute atomic E-state index is 0. The number of fused-ring (bicyclic) bond motifs is 1. The highest BCUT2D eigenvalue weighted by Gasteiger charge is 2.38. The summed E-state index contributed by atoms with van der Waals surface area (Å²) in [6, 6.07) is 13.6. The minimum atomic E-state index is -1.15. The lowest BCUT2D eigenvalue weighted by Crippen LogP contribution is -2.49. The molecule has 2 aromatic carbocycles. The second-order valence-electron chi connectivity index (χ2n) is 7.74. The van der Waals surface area contributed by atoms with Gasteiger partial charge in [0, 0.05) is 16.3 Å². The molecule has 1 aliphatic carbocycles. The molecule has 2 aromatic rings. The lowest BCUT2D eigenvalue weighted by Gasteiger charge is -2.38. The molecular formula is C21H29Cl3N6. The molecule has 1 aliphatic heterocycles. The van der Waals surface area contributed by atoms with Crippen LogP contribution < -0.4 is 27.8 Å². The van der Waals surface area contributed by atoms with Gasteiger partial charge in [0.25, 0.3) is 0 Å². The topological polar surface area (TPSA) is 114 Å². The van der Waals surface area contributed by atoms with Crippen molar-refractivity contribution >= 4 is 53.7 Å². The highest BCUT2D eigenvalue weighted by molar-refractivity contribution is 6.30. The SMILES string of the molecule is Cl.Cl.NCC1CCC(c2cccc3c2C(N)(Nc2ccc(Cl)cc2)N=C(N)N3)CC1. The Morgan fingerprint density at radius 2 is 1.73 bits per heavy atom. The van der Waals surface area contributed by atoms with E-state index < -0.39 is 5.79 Å². The monoisotopic (exact) mass is 470 g/mol. The number of benzene rings is 2. The Morgan fingerprint density at radius 1 is 1.07 bits per heavy atom. The highest BCUT2D eigenvalue weighted by Crippen LogP contribution is 2.43. The zero-order valence-corrected chi connectivity index (χ0v) is 19.0. The van der Waals surface area contributed by atoms with Gasteiger partial charge in [-0.15, -0.1) is 24.8 Å². The molecule has 0 spiro atoms. The third-order valence-corrected chi connectivity index (χ3v) is 6.09. The molecule has 0 amide bonds. The molecule has 2 aliphatic rings. The second-order valence-corrected chi connectivity index (χ2v) is 8.18. The number of halogens is 3. The van der Waals surface area contributed by atoms with Crippen molar-refractivity contribution in [3.05, 3.63) is 58.6 Å². The Kier molecular flexibility index (Phi) is 8.25. The average Bonchev–Trinajstić information content (AvgIpc) is 2.69. The first-order chi connectivity index (χ1) is 13.5. The van der Waals surface area contributed by atoms with Crippen molar-refractivity contribution in [1.82, 2.24) is 0 Å². The fourth-order valence-electron chi connectivity index (χ4n) is 4.40. The quantitative estimate of drug-likeness (QED) is 0.426. The summed E-state index contributed by atoms with van der Waals surface area (Å²) in [5.74, 6) is 0.196. The van der Waals surface area contributed by atoms with Crippen LogP contribution in [0.15, 0.2) is 47.5 Å². The summed E-state index contributed by atoms with van der Waals surface area (Å²) in [4.78, 5) is 4.56. The third-order valence-electron chi connectivity index (χ3n) is 5.84. The van der Waals surface area contributed by atoms with Crippen molar-refractivity contribution in [3.8, 4) is 0 Å². The van der Waals surface area contributed by atoms with Gasteiger partial charge in [0.15, 0.2) is 5.96 Å². The molecule has 8 N–H and O–H groups in total. The summed E-state index contributed by atoms with van der Waals surface area (Å²) in [7, 11) is 0. The number of nitrogens with one attached hydrogen (secondary N) is 2. The molecule has 0 bridgehead atoms. The number of nitrogens with two attached hydrogens (primary N) is 3. The molecule has 1 saturated carbocycles. The van der Waals surface area contributed by atoms with E-state index in [1.54, 1.807) is 0 Å². The molecule has 1 fully saturated rings. The van der Waals surface area contributed by atoms with Crippen molar-refractivity contribution in [2.45, 2.75) is 37.4 Å². The first-order valence-corrected chi connectivity index (χ1v) is 10.1. The number of guanidine groups is 1. The van der Waals surface area contributed by atoms with Crippen LogP contribution in [0.4, 0.5) is 11.4 Å². The lowest BCUT2D eigenvalue weighted by atomic mass is 9.76. The maximum Gasteiger partial charge on any atom is 0.215 e. The predicted molar refractivity (Wildman–Crippen MR) is 131 cm³/mol. The number of anilines is 2. The fourth-order valence-corrected chi connectivity index (χ4v) is 4.53. The average molecular weight is 472 g/mol. The van der Waals surface area contributed by atoms with E-state index in [0.29, 0.717) is 22.8 Å². The van der Waals surface area contributed by atoms with Crippen molar-refractivity contribution in [2.75, 3.05) is 17.2 Å². The van der Waals surface area contributed by atoms with Gasteiger partial charge in [-0.1, -0.05) is 23.7 Å². The van der Waals surface area contributed by atoms with Crippen LogP contribution in [-0.2, 0) is 5.79 Å². The zero-order chi connectivity index (χ0) is 19.7. The van der Waals surface area contributed by atoms with Gasteiger partial charge in [-0.2, -0.15) is 0 Å². The molecule has 1 atom stereocenters. The van der Waals surface area contributed by atoms with Gasteiger partial charge < -0.3 is 22.1 Å². The van der Waals surface area contributed by atoms with Gasteiger partial charge >= 0.3 is 0 Å². The van der Waals surface area contributed by atoms with Gasteiger partial charge in [-0.3, -0.25) is 5.73 Å². The summed E-state index contributed by atoms with van der Waals surface area (Å²) in [6.07, 6.45) is 4.50. The summed E-state index contributed by atoms with van der Waals surface area (Å²) in [5, 5.41) is 7.21. The van der Waals surface area contributed by atoms with Crippen LogP contribution in [0.5, 0.6) is 0 Å². The van der Waals surface area contributed by atoms with Gasteiger partial charge in [0.2, 0.25) is 5.79 Å². The van der Waals surface area contributed by atoms with Crippen LogP contribution in [0.1, 0.15) is 42.7 Å². The van der Waals surface area contributed by atoms with Gasteiger partial charge in [-0.25, -0.2) is 4.99 Å². The molecule has 1 heterocycles. The van der Waals surface area contributed by atoms with Crippen LogP contribution in [0.25, 0.3) is 0 Å². The Morgan fingerprint density at radius 3 is 2.37 bits per heavy atom. The second kappa shape index (κ2) is 10.1. The smallest absolute Gasteiger partial charge is 0.215 e. The van der Waals surface area contributed by atoms with E-state index in [-0.39, 0.29) is 24.8 Å². The van der Waals surface area contributed by atoms with Crippen LogP contribution >= 0.6 is 36.4 Å². The Balaban J connectivity index is 0.00000160. The van der Waals surface area contributed by atoms with Crippen molar-refractivity contribution in [3.63, 3.8) is 0 Å². The molecule has 30 heavy (non-hydrogen) atoms. The largest absolute Gasteiger partial charge is 0.370 e. The summed E-state index contributed by atoms with van der Waals surface area (Å²) >= 11 is 6.02. The van der Waals surface area contributed by atoms with Crippen molar-refractivity contribution < 1.29 is 0 Å². The molecule has 9 heteroatoms. The maximum atomic E-state index is 6.82.